The number of imidazole rings is 1. The molecule has 0 amide bonds. The van der Waals surface area contributed by atoms with Crippen LogP contribution in [0.15, 0.2) is 36.9 Å². The molecular weight excluding hydrogens is 275 g/mol. The number of benzene rings is 1. The Hall–Kier alpha value is -1.59. The Bertz CT molecular complexity index is 649. The van der Waals surface area contributed by atoms with Crippen LogP contribution in [0, 0.1) is 6.92 Å². The van der Waals surface area contributed by atoms with Crippen LogP contribution in [0.2, 0.25) is 0 Å². The number of aryl methyl sites for hydroxylation is 1. The number of nitrogens with zero attached hydrogens (tertiary/aromatic N) is 2. The van der Waals surface area contributed by atoms with Crippen molar-refractivity contribution < 1.29 is 9.31 Å². The third-order valence-corrected chi connectivity index (χ3v) is 4.80. The molecule has 1 fully saturated rings. The molecule has 0 spiro atoms. The molecule has 0 unspecified atom stereocenters. The fraction of sp³-hybridized carbons (Fsp3) is 0.471. The Labute approximate surface area is 132 Å². The van der Waals surface area contributed by atoms with Crippen LogP contribution < -0.4 is 5.46 Å². The van der Waals surface area contributed by atoms with Gasteiger partial charge in [-0.1, -0.05) is 18.2 Å². The highest BCUT2D eigenvalue weighted by molar-refractivity contribution is 6.62. The summed E-state index contributed by atoms with van der Waals surface area (Å²) in [6.45, 7) is 11.3. The van der Waals surface area contributed by atoms with Crippen molar-refractivity contribution >= 4 is 12.6 Å². The van der Waals surface area contributed by atoms with Crippen molar-refractivity contribution in [2.45, 2.75) is 52.4 Å². The zero-order chi connectivity index (χ0) is 16.0. The summed E-state index contributed by atoms with van der Waals surface area (Å²) in [4.78, 5) is 4.08. The van der Waals surface area contributed by atoms with Crippen LogP contribution in [-0.4, -0.2) is 27.9 Å². The largest absolute Gasteiger partial charge is 0.494 e. The molecule has 0 aliphatic carbocycles. The molecule has 5 heteroatoms. The maximum Gasteiger partial charge on any atom is 0.494 e. The van der Waals surface area contributed by atoms with Crippen molar-refractivity contribution in [3.63, 3.8) is 0 Å². The van der Waals surface area contributed by atoms with Crippen molar-refractivity contribution in [3.8, 4) is 0 Å². The SMILES string of the molecule is Cc1cc(B2OC(C)(C)C(C)(C)O2)ccc1Cn1ccnc1. The van der Waals surface area contributed by atoms with E-state index in [4.69, 9.17) is 9.31 Å². The zero-order valence-corrected chi connectivity index (χ0v) is 14.0. The van der Waals surface area contributed by atoms with E-state index in [9.17, 15) is 0 Å². The maximum absolute atomic E-state index is 6.11. The van der Waals surface area contributed by atoms with E-state index in [-0.39, 0.29) is 18.3 Å². The second-order valence-electron chi connectivity index (χ2n) is 7.01. The number of aromatic nitrogens is 2. The fourth-order valence-corrected chi connectivity index (χ4v) is 2.60. The first-order valence-electron chi connectivity index (χ1n) is 7.69. The molecule has 116 valence electrons. The summed E-state index contributed by atoms with van der Waals surface area (Å²) >= 11 is 0. The second kappa shape index (κ2) is 5.25. The molecular formula is C17H23BN2O2. The zero-order valence-electron chi connectivity index (χ0n) is 14.0. The van der Waals surface area contributed by atoms with Gasteiger partial charge >= 0.3 is 7.12 Å². The Morgan fingerprint density at radius 3 is 2.36 bits per heavy atom. The average Bonchev–Trinajstić information content (AvgIpc) is 2.99. The minimum absolute atomic E-state index is 0.300. The maximum atomic E-state index is 6.11. The van der Waals surface area contributed by atoms with Crippen molar-refractivity contribution in [1.29, 1.82) is 0 Å². The van der Waals surface area contributed by atoms with Crippen molar-refractivity contribution in [2.24, 2.45) is 0 Å². The molecule has 1 aliphatic rings. The Kier molecular flexibility index (Phi) is 3.65. The summed E-state index contributed by atoms with van der Waals surface area (Å²) in [6, 6.07) is 6.41. The minimum atomic E-state index is -0.305. The van der Waals surface area contributed by atoms with Crippen LogP contribution in [0.3, 0.4) is 0 Å². The van der Waals surface area contributed by atoms with Crippen LogP contribution in [-0.2, 0) is 15.9 Å². The molecule has 2 heterocycles. The summed E-state index contributed by atoms with van der Waals surface area (Å²) in [6.07, 6.45) is 5.61. The van der Waals surface area contributed by atoms with E-state index in [2.05, 4.69) is 62.4 Å². The molecule has 1 saturated heterocycles. The molecule has 1 aromatic carbocycles. The predicted molar refractivity (Wildman–Crippen MR) is 88.2 cm³/mol. The summed E-state index contributed by atoms with van der Waals surface area (Å²) in [7, 11) is -0.300. The van der Waals surface area contributed by atoms with Gasteiger partial charge in [-0.3, -0.25) is 0 Å². The Morgan fingerprint density at radius 2 is 1.82 bits per heavy atom. The lowest BCUT2D eigenvalue weighted by Gasteiger charge is -2.32. The van der Waals surface area contributed by atoms with Gasteiger partial charge in [-0.2, -0.15) is 0 Å². The average molecular weight is 298 g/mol. The van der Waals surface area contributed by atoms with Gasteiger partial charge in [0.15, 0.2) is 0 Å². The van der Waals surface area contributed by atoms with Crippen LogP contribution in [0.25, 0.3) is 0 Å². The molecule has 2 aromatic rings. The number of rotatable bonds is 3. The Morgan fingerprint density at radius 1 is 1.14 bits per heavy atom. The highest BCUT2D eigenvalue weighted by Gasteiger charge is 2.51. The lowest BCUT2D eigenvalue weighted by molar-refractivity contribution is 0.00578. The normalized spacial score (nSPS) is 19.6. The minimum Gasteiger partial charge on any atom is -0.399 e. The van der Waals surface area contributed by atoms with E-state index in [0.717, 1.165) is 12.0 Å². The van der Waals surface area contributed by atoms with E-state index in [0.29, 0.717) is 0 Å². The fourth-order valence-electron chi connectivity index (χ4n) is 2.60. The van der Waals surface area contributed by atoms with E-state index >= 15 is 0 Å². The van der Waals surface area contributed by atoms with Gasteiger partial charge < -0.3 is 13.9 Å². The van der Waals surface area contributed by atoms with Gasteiger partial charge in [0, 0.05) is 18.9 Å². The van der Waals surface area contributed by atoms with Crippen LogP contribution in [0.4, 0.5) is 0 Å². The van der Waals surface area contributed by atoms with Gasteiger partial charge in [0.05, 0.1) is 17.5 Å². The number of hydrogen-bond donors (Lipinski definition) is 0. The van der Waals surface area contributed by atoms with Crippen LogP contribution >= 0.6 is 0 Å². The lowest BCUT2D eigenvalue weighted by Crippen LogP contribution is -2.41. The molecule has 0 radical (unpaired) electrons. The van der Waals surface area contributed by atoms with Crippen molar-refractivity contribution in [2.75, 3.05) is 0 Å². The third kappa shape index (κ3) is 2.71. The first-order chi connectivity index (χ1) is 10.3. The summed E-state index contributed by atoms with van der Waals surface area (Å²) in [5.41, 5.74) is 2.98. The Balaban J connectivity index is 1.81. The topological polar surface area (TPSA) is 36.3 Å². The molecule has 0 bridgehead atoms. The van der Waals surface area contributed by atoms with Gasteiger partial charge in [0.1, 0.15) is 0 Å². The van der Waals surface area contributed by atoms with E-state index in [1.807, 2.05) is 12.5 Å². The molecule has 4 nitrogen and oxygen atoms in total. The highest BCUT2D eigenvalue weighted by atomic mass is 16.7. The summed E-state index contributed by atoms with van der Waals surface area (Å²) in [5.74, 6) is 0. The second-order valence-corrected chi connectivity index (χ2v) is 7.01. The van der Waals surface area contributed by atoms with Gasteiger partial charge in [0.2, 0.25) is 0 Å². The predicted octanol–water partition coefficient (Wildman–Crippen LogP) is 2.54. The van der Waals surface area contributed by atoms with E-state index < -0.39 is 0 Å². The lowest BCUT2D eigenvalue weighted by atomic mass is 9.78. The van der Waals surface area contributed by atoms with Crippen LogP contribution in [0.1, 0.15) is 38.8 Å². The molecule has 22 heavy (non-hydrogen) atoms. The molecule has 1 aromatic heterocycles. The first kappa shape index (κ1) is 15.3. The van der Waals surface area contributed by atoms with Gasteiger partial charge in [0.25, 0.3) is 0 Å². The van der Waals surface area contributed by atoms with Crippen LogP contribution in [0.5, 0.6) is 0 Å². The quantitative estimate of drug-likeness (QED) is 0.817. The van der Waals surface area contributed by atoms with Gasteiger partial charge in [-0.05, 0) is 51.2 Å². The molecule has 0 saturated carbocycles. The van der Waals surface area contributed by atoms with E-state index in [1.165, 1.54) is 11.1 Å². The molecule has 0 N–H and O–H groups in total. The van der Waals surface area contributed by atoms with Gasteiger partial charge in [-0.15, -0.1) is 0 Å². The standard InChI is InChI=1S/C17H23BN2O2/c1-13-10-15(18-21-16(2,3)17(4,5)22-18)7-6-14(13)11-20-9-8-19-12-20/h6-10,12H,11H2,1-5H3. The molecule has 1 aliphatic heterocycles. The number of hydrogen-bond acceptors (Lipinski definition) is 3. The summed E-state index contributed by atoms with van der Waals surface area (Å²) < 4.78 is 14.3. The van der Waals surface area contributed by atoms with E-state index in [1.54, 1.807) is 6.20 Å². The molecule has 3 rings (SSSR count). The van der Waals surface area contributed by atoms with Gasteiger partial charge in [-0.25, -0.2) is 4.98 Å². The first-order valence-corrected chi connectivity index (χ1v) is 7.69. The third-order valence-electron chi connectivity index (χ3n) is 4.80. The van der Waals surface area contributed by atoms with Crippen molar-refractivity contribution in [3.05, 3.63) is 48.0 Å². The van der Waals surface area contributed by atoms with Crippen molar-refractivity contribution in [1.82, 2.24) is 9.55 Å². The monoisotopic (exact) mass is 298 g/mol. The molecule has 0 atom stereocenters. The smallest absolute Gasteiger partial charge is 0.399 e. The highest BCUT2D eigenvalue weighted by Crippen LogP contribution is 2.36. The summed E-state index contributed by atoms with van der Waals surface area (Å²) in [5, 5.41) is 0.